The summed E-state index contributed by atoms with van der Waals surface area (Å²) in [6.45, 7) is 4.08. The van der Waals surface area contributed by atoms with E-state index >= 15 is 0 Å². The van der Waals surface area contributed by atoms with E-state index in [9.17, 15) is 0 Å². The maximum absolute atomic E-state index is 5.86. The van der Waals surface area contributed by atoms with Gasteiger partial charge in [-0.2, -0.15) is 0 Å². The van der Waals surface area contributed by atoms with Crippen molar-refractivity contribution in [2.45, 2.75) is 19.9 Å². The summed E-state index contributed by atoms with van der Waals surface area (Å²) in [4.78, 5) is 7.82. The summed E-state index contributed by atoms with van der Waals surface area (Å²) in [5.74, 6) is 0.357. The van der Waals surface area contributed by atoms with Gasteiger partial charge in [0.05, 0.1) is 5.69 Å². The van der Waals surface area contributed by atoms with Crippen molar-refractivity contribution in [2.24, 2.45) is 11.7 Å². The highest BCUT2D eigenvalue weighted by Gasteiger charge is 2.11. The van der Waals surface area contributed by atoms with Gasteiger partial charge in [0.15, 0.2) is 0 Å². The molecule has 0 amide bonds. The van der Waals surface area contributed by atoms with Crippen LogP contribution in [-0.4, -0.2) is 9.97 Å². The Hall–Kier alpha value is -0.670. The molecule has 0 saturated carbocycles. The van der Waals surface area contributed by atoms with Crippen LogP contribution < -0.4 is 5.73 Å². The zero-order valence-electron chi connectivity index (χ0n) is 7.16. The Bertz CT molecular complexity index is 262. The fourth-order valence-corrected chi connectivity index (χ4v) is 1.03. The van der Waals surface area contributed by atoms with Crippen LogP contribution >= 0.6 is 11.6 Å². The molecule has 1 aromatic rings. The summed E-state index contributed by atoms with van der Waals surface area (Å²) in [5.41, 5.74) is 6.65. The van der Waals surface area contributed by atoms with E-state index in [1.165, 1.54) is 6.33 Å². The lowest BCUT2D eigenvalue weighted by atomic mass is 10.0. The van der Waals surface area contributed by atoms with Crippen LogP contribution in [0.3, 0.4) is 0 Å². The maximum Gasteiger partial charge on any atom is 0.132 e. The predicted octanol–water partition coefficient (Wildman–Crippen LogP) is 1.79. The number of hydrogen-bond donors (Lipinski definition) is 1. The third-order valence-electron chi connectivity index (χ3n) is 1.71. The van der Waals surface area contributed by atoms with Crippen molar-refractivity contribution >= 4 is 11.6 Å². The molecule has 0 bridgehead atoms. The zero-order chi connectivity index (χ0) is 9.14. The monoisotopic (exact) mass is 185 g/mol. The molecular weight excluding hydrogens is 174 g/mol. The lowest BCUT2D eigenvalue weighted by molar-refractivity contribution is 0.502. The average molecular weight is 186 g/mol. The first kappa shape index (κ1) is 9.42. The van der Waals surface area contributed by atoms with E-state index in [0.29, 0.717) is 11.1 Å². The fourth-order valence-electron chi connectivity index (χ4n) is 0.871. The second-order valence-corrected chi connectivity index (χ2v) is 3.42. The van der Waals surface area contributed by atoms with Crippen molar-refractivity contribution in [3.8, 4) is 0 Å². The number of halogens is 1. The Morgan fingerprint density at radius 2 is 2.08 bits per heavy atom. The minimum absolute atomic E-state index is 0.0644. The lowest BCUT2D eigenvalue weighted by Crippen LogP contribution is -2.18. The molecule has 1 rings (SSSR count). The molecule has 0 radical (unpaired) electrons. The van der Waals surface area contributed by atoms with Crippen molar-refractivity contribution in [1.82, 2.24) is 9.97 Å². The molecule has 0 aromatic carbocycles. The topological polar surface area (TPSA) is 51.8 Å². The third-order valence-corrected chi connectivity index (χ3v) is 1.92. The van der Waals surface area contributed by atoms with Crippen molar-refractivity contribution < 1.29 is 0 Å². The minimum Gasteiger partial charge on any atom is -0.322 e. The Morgan fingerprint density at radius 3 is 2.58 bits per heavy atom. The normalized spacial score (nSPS) is 13.4. The maximum atomic E-state index is 5.86. The molecule has 0 fully saturated rings. The molecule has 0 aliphatic heterocycles. The molecule has 0 saturated heterocycles. The van der Waals surface area contributed by atoms with E-state index < -0.39 is 0 Å². The molecule has 1 aromatic heterocycles. The van der Waals surface area contributed by atoms with Gasteiger partial charge in [-0.1, -0.05) is 25.4 Å². The van der Waals surface area contributed by atoms with Gasteiger partial charge in [0.25, 0.3) is 0 Å². The van der Waals surface area contributed by atoms with Crippen LogP contribution in [0, 0.1) is 5.92 Å². The first-order chi connectivity index (χ1) is 5.61. The highest BCUT2D eigenvalue weighted by Crippen LogP contribution is 2.17. The van der Waals surface area contributed by atoms with E-state index in [1.807, 2.05) is 13.8 Å². The molecule has 1 atom stereocenters. The zero-order valence-corrected chi connectivity index (χ0v) is 7.92. The van der Waals surface area contributed by atoms with E-state index in [-0.39, 0.29) is 6.04 Å². The van der Waals surface area contributed by atoms with Crippen LogP contribution in [0.15, 0.2) is 12.4 Å². The molecule has 66 valence electrons. The smallest absolute Gasteiger partial charge is 0.132 e. The van der Waals surface area contributed by atoms with Crippen LogP contribution in [0.1, 0.15) is 25.6 Å². The Kier molecular flexibility index (Phi) is 3.00. The SMILES string of the molecule is CC(C)C(N)c1cc(Cl)ncn1. The number of nitrogens with two attached hydrogens (primary N) is 1. The van der Waals surface area contributed by atoms with Gasteiger partial charge in [0.2, 0.25) is 0 Å². The van der Waals surface area contributed by atoms with Gasteiger partial charge < -0.3 is 5.73 Å². The first-order valence-corrected chi connectivity index (χ1v) is 4.22. The molecule has 0 spiro atoms. The number of hydrogen-bond acceptors (Lipinski definition) is 3. The molecule has 1 unspecified atom stereocenters. The number of rotatable bonds is 2. The summed E-state index contributed by atoms with van der Waals surface area (Å²) in [5, 5.41) is 0.441. The van der Waals surface area contributed by atoms with Gasteiger partial charge in [-0.05, 0) is 12.0 Å². The quantitative estimate of drug-likeness (QED) is 0.715. The molecule has 2 N–H and O–H groups in total. The summed E-state index contributed by atoms with van der Waals surface area (Å²) in [6, 6.07) is 1.64. The van der Waals surface area contributed by atoms with Gasteiger partial charge in [-0.15, -0.1) is 0 Å². The van der Waals surface area contributed by atoms with Gasteiger partial charge >= 0.3 is 0 Å². The van der Waals surface area contributed by atoms with Crippen LogP contribution in [-0.2, 0) is 0 Å². The van der Waals surface area contributed by atoms with Crippen LogP contribution in [0.5, 0.6) is 0 Å². The van der Waals surface area contributed by atoms with Crippen LogP contribution in [0.25, 0.3) is 0 Å². The number of aromatic nitrogens is 2. The highest BCUT2D eigenvalue weighted by atomic mass is 35.5. The van der Waals surface area contributed by atoms with Crippen LogP contribution in [0.2, 0.25) is 5.15 Å². The van der Waals surface area contributed by atoms with Crippen molar-refractivity contribution in [1.29, 1.82) is 0 Å². The average Bonchev–Trinajstić information content (AvgIpc) is 2.03. The lowest BCUT2D eigenvalue weighted by Gasteiger charge is -2.14. The largest absolute Gasteiger partial charge is 0.322 e. The van der Waals surface area contributed by atoms with Crippen molar-refractivity contribution in [2.75, 3.05) is 0 Å². The van der Waals surface area contributed by atoms with Crippen LogP contribution in [0.4, 0.5) is 0 Å². The molecule has 1 heterocycles. The molecular formula is C8H12ClN3. The Balaban J connectivity index is 2.88. The second kappa shape index (κ2) is 3.83. The standard InChI is InChI=1S/C8H12ClN3/c1-5(2)8(10)6-3-7(9)12-4-11-6/h3-5,8H,10H2,1-2H3. The third kappa shape index (κ3) is 2.16. The summed E-state index contributed by atoms with van der Waals surface area (Å²) < 4.78 is 0. The number of nitrogens with zero attached hydrogens (tertiary/aromatic N) is 2. The molecule has 0 aliphatic carbocycles. The molecule has 3 nitrogen and oxygen atoms in total. The second-order valence-electron chi connectivity index (χ2n) is 3.04. The fraction of sp³-hybridized carbons (Fsp3) is 0.500. The first-order valence-electron chi connectivity index (χ1n) is 3.84. The highest BCUT2D eigenvalue weighted by molar-refractivity contribution is 6.29. The molecule has 0 aliphatic rings. The van der Waals surface area contributed by atoms with E-state index in [2.05, 4.69) is 9.97 Å². The van der Waals surface area contributed by atoms with Gasteiger partial charge in [-0.3, -0.25) is 0 Å². The van der Waals surface area contributed by atoms with Crippen molar-refractivity contribution in [3.63, 3.8) is 0 Å². The molecule has 12 heavy (non-hydrogen) atoms. The van der Waals surface area contributed by atoms with E-state index in [0.717, 1.165) is 5.69 Å². The predicted molar refractivity (Wildman–Crippen MR) is 48.8 cm³/mol. The molecule has 4 heteroatoms. The van der Waals surface area contributed by atoms with E-state index in [1.54, 1.807) is 6.07 Å². The Morgan fingerprint density at radius 1 is 1.42 bits per heavy atom. The Labute approximate surface area is 77.0 Å². The van der Waals surface area contributed by atoms with Gasteiger partial charge in [-0.25, -0.2) is 9.97 Å². The minimum atomic E-state index is -0.0644. The van der Waals surface area contributed by atoms with E-state index in [4.69, 9.17) is 17.3 Å². The van der Waals surface area contributed by atoms with Gasteiger partial charge in [0.1, 0.15) is 11.5 Å². The summed E-state index contributed by atoms with van der Waals surface area (Å²) in [6.07, 6.45) is 1.43. The van der Waals surface area contributed by atoms with Crippen molar-refractivity contribution in [3.05, 3.63) is 23.2 Å². The van der Waals surface area contributed by atoms with Gasteiger partial charge in [0, 0.05) is 6.04 Å². The summed E-state index contributed by atoms with van der Waals surface area (Å²) in [7, 11) is 0. The summed E-state index contributed by atoms with van der Waals surface area (Å²) >= 11 is 5.69.